The minimum atomic E-state index is -0.341. The molecule has 0 saturated carbocycles. The molecule has 1 rings (SSSR count). The van der Waals surface area contributed by atoms with Gasteiger partial charge in [-0.05, 0) is 40.0 Å². The molecule has 1 aliphatic carbocycles. The molecule has 0 saturated heterocycles. The van der Waals surface area contributed by atoms with E-state index < -0.39 is 0 Å². The maximum absolute atomic E-state index is 6.24. The van der Waals surface area contributed by atoms with Crippen LogP contribution in [0.25, 0.3) is 0 Å². The summed E-state index contributed by atoms with van der Waals surface area (Å²) in [5.41, 5.74) is 1.99. The van der Waals surface area contributed by atoms with Crippen molar-refractivity contribution in [3.8, 4) is 0 Å². The van der Waals surface area contributed by atoms with Crippen LogP contribution < -0.4 is 0 Å². The van der Waals surface area contributed by atoms with Crippen LogP contribution in [0.1, 0.15) is 69.2 Å². The minimum absolute atomic E-state index is 0.0388. The van der Waals surface area contributed by atoms with Crippen LogP contribution in [0.5, 0.6) is 0 Å². The molecule has 2 heteroatoms. The molecule has 0 bridgehead atoms. The molecule has 0 aromatic carbocycles. The Morgan fingerprint density at radius 1 is 0.810 bits per heavy atom. The molecule has 0 aromatic heterocycles. The van der Waals surface area contributed by atoms with Crippen molar-refractivity contribution in [3.05, 3.63) is 11.1 Å². The molecule has 2 atom stereocenters. The average Bonchev–Trinajstić information content (AvgIpc) is 2.41. The zero-order chi connectivity index (χ0) is 17.1. The SMILES string of the molecule is COC(C)(C)C1(C)C(C)=C(C)C(C)(C)C(C)(C)C1(C)OC. The van der Waals surface area contributed by atoms with Crippen LogP contribution in [0.4, 0.5) is 0 Å². The van der Waals surface area contributed by atoms with E-state index in [-0.39, 0.29) is 27.4 Å². The van der Waals surface area contributed by atoms with Gasteiger partial charge < -0.3 is 9.47 Å². The second kappa shape index (κ2) is 4.83. The van der Waals surface area contributed by atoms with Crippen molar-refractivity contribution in [1.29, 1.82) is 0 Å². The van der Waals surface area contributed by atoms with Gasteiger partial charge in [0, 0.05) is 25.0 Å². The van der Waals surface area contributed by atoms with E-state index in [1.807, 2.05) is 7.11 Å². The predicted molar refractivity (Wildman–Crippen MR) is 90.5 cm³/mol. The first-order valence-corrected chi connectivity index (χ1v) is 7.97. The van der Waals surface area contributed by atoms with E-state index in [1.165, 1.54) is 11.1 Å². The normalized spacial score (nSPS) is 36.0. The lowest BCUT2D eigenvalue weighted by Gasteiger charge is -2.68. The van der Waals surface area contributed by atoms with Gasteiger partial charge in [-0.15, -0.1) is 0 Å². The topological polar surface area (TPSA) is 18.5 Å². The van der Waals surface area contributed by atoms with Crippen LogP contribution >= 0.6 is 0 Å². The predicted octanol–water partition coefficient (Wildman–Crippen LogP) is 5.23. The molecule has 0 fully saturated rings. The van der Waals surface area contributed by atoms with Gasteiger partial charge in [0.05, 0.1) is 11.2 Å². The summed E-state index contributed by atoms with van der Waals surface area (Å²) >= 11 is 0. The first kappa shape index (κ1) is 18.7. The van der Waals surface area contributed by atoms with Crippen LogP contribution in [-0.4, -0.2) is 25.4 Å². The highest BCUT2D eigenvalue weighted by Crippen LogP contribution is 2.67. The molecule has 124 valence electrons. The Bertz CT molecular complexity index is 456. The first-order chi connectivity index (χ1) is 9.19. The van der Waals surface area contributed by atoms with E-state index >= 15 is 0 Å². The molecular weight excluding hydrogens is 260 g/mol. The van der Waals surface area contributed by atoms with Crippen molar-refractivity contribution < 1.29 is 9.47 Å². The first-order valence-electron chi connectivity index (χ1n) is 7.97. The number of allylic oxidation sites excluding steroid dienone is 1. The molecule has 0 amide bonds. The molecule has 0 aliphatic heterocycles. The third-order valence-electron chi connectivity index (χ3n) is 8.08. The second-order valence-corrected chi connectivity index (χ2v) is 8.58. The number of rotatable bonds is 3. The van der Waals surface area contributed by atoms with E-state index in [2.05, 4.69) is 69.2 Å². The Hall–Kier alpha value is -0.340. The number of ether oxygens (including phenoxy) is 2. The van der Waals surface area contributed by atoms with Gasteiger partial charge in [-0.2, -0.15) is 0 Å². The van der Waals surface area contributed by atoms with E-state index in [0.717, 1.165) is 0 Å². The fourth-order valence-corrected chi connectivity index (χ4v) is 4.58. The maximum atomic E-state index is 6.24. The average molecular weight is 296 g/mol. The lowest BCUT2D eigenvalue weighted by atomic mass is 9.41. The van der Waals surface area contributed by atoms with Crippen molar-refractivity contribution in [1.82, 2.24) is 0 Å². The molecule has 2 unspecified atom stereocenters. The van der Waals surface area contributed by atoms with Gasteiger partial charge in [0.1, 0.15) is 0 Å². The zero-order valence-electron chi connectivity index (χ0n) is 16.3. The Balaban J connectivity index is 3.91. The highest BCUT2D eigenvalue weighted by Gasteiger charge is 2.68. The highest BCUT2D eigenvalue weighted by molar-refractivity contribution is 5.39. The summed E-state index contributed by atoms with van der Waals surface area (Å²) in [5.74, 6) is 0. The lowest BCUT2D eigenvalue weighted by Crippen LogP contribution is -2.70. The van der Waals surface area contributed by atoms with Crippen LogP contribution in [0.2, 0.25) is 0 Å². The molecule has 0 radical (unpaired) electrons. The van der Waals surface area contributed by atoms with Crippen molar-refractivity contribution in [3.63, 3.8) is 0 Å². The molecule has 0 N–H and O–H groups in total. The molecule has 1 aliphatic rings. The van der Waals surface area contributed by atoms with Gasteiger partial charge in [-0.1, -0.05) is 45.8 Å². The minimum Gasteiger partial charge on any atom is -0.378 e. The van der Waals surface area contributed by atoms with Crippen LogP contribution in [0.15, 0.2) is 11.1 Å². The van der Waals surface area contributed by atoms with Crippen molar-refractivity contribution >= 4 is 0 Å². The number of methoxy groups -OCH3 is 2. The maximum Gasteiger partial charge on any atom is 0.0827 e. The van der Waals surface area contributed by atoms with Crippen LogP contribution in [-0.2, 0) is 9.47 Å². The zero-order valence-corrected chi connectivity index (χ0v) is 16.3. The van der Waals surface area contributed by atoms with Crippen molar-refractivity contribution in [2.24, 2.45) is 16.2 Å². The molecule has 2 nitrogen and oxygen atoms in total. The second-order valence-electron chi connectivity index (χ2n) is 8.58. The molecule has 0 aromatic rings. The van der Waals surface area contributed by atoms with Gasteiger partial charge >= 0.3 is 0 Å². The third kappa shape index (κ3) is 1.84. The molecular formula is C19H36O2. The largest absolute Gasteiger partial charge is 0.378 e. The molecule has 0 spiro atoms. The van der Waals surface area contributed by atoms with E-state index in [4.69, 9.17) is 9.47 Å². The summed E-state index contributed by atoms with van der Waals surface area (Å²) in [6, 6.07) is 0. The monoisotopic (exact) mass is 296 g/mol. The summed E-state index contributed by atoms with van der Waals surface area (Å²) < 4.78 is 12.2. The Kier molecular flexibility index (Phi) is 4.30. The van der Waals surface area contributed by atoms with E-state index in [9.17, 15) is 0 Å². The van der Waals surface area contributed by atoms with E-state index in [0.29, 0.717) is 0 Å². The number of hydrogen-bond donors (Lipinski definition) is 0. The highest BCUT2D eigenvalue weighted by atomic mass is 16.5. The quantitative estimate of drug-likeness (QED) is 0.664. The molecule has 0 heterocycles. The Labute approximate surface area is 132 Å². The van der Waals surface area contributed by atoms with Gasteiger partial charge in [0.15, 0.2) is 0 Å². The summed E-state index contributed by atoms with van der Waals surface area (Å²) in [6.45, 7) is 22.8. The summed E-state index contributed by atoms with van der Waals surface area (Å²) in [6.07, 6.45) is 0. The standard InChI is InChI=1S/C19H36O2/c1-13-14(2)18(9,17(7,8)20-11)19(10,21-12)16(5,6)15(13,3)4/h1-12H3. The van der Waals surface area contributed by atoms with Gasteiger partial charge in [0.25, 0.3) is 0 Å². The lowest BCUT2D eigenvalue weighted by molar-refractivity contribution is -0.247. The van der Waals surface area contributed by atoms with Gasteiger partial charge in [0.2, 0.25) is 0 Å². The van der Waals surface area contributed by atoms with Crippen LogP contribution in [0, 0.1) is 16.2 Å². The van der Waals surface area contributed by atoms with E-state index in [1.54, 1.807) is 7.11 Å². The Morgan fingerprint density at radius 2 is 1.24 bits per heavy atom. The van der Waals surface area contributed by atoms with Gasteiger partial charge in [-0.25, -0.2) is 0 Å². The summed E-state index contributed by atoms with van der Waals surface area (Å²) in [5, 5.41) is 0. The van der Waals surface area contributed by atoms with Crippen molar-refractivity contribution in [2.45, 2.75) is 80.4 Å². The summed E-state index contributed by atoms with van der Waals surface area (Å²) in [7, 11) is 3.65. The van der Waals surface area contributed by atoms with Crippen molar-refractivity contribution in [2.75, 3.05) is 14.2 Å². The smallest absolute Gasteiger partial charge is 0.0827 e. The van der Waals surface area contributed by atoms with Gasteiger partial charge in [-0.3, -0.25) is 0 Å². The fourth-order valence-electron chi connectivity index (χ4n) is 4.58. The third-order valence-corrected chi connectivity index (χ3v) is 8.08. The van der Waals surface area contributed by atoms with Crippen LogP contribution in [0.3, 0.4) is 0 Å². The Morgan fingerprint density at radius 3 is 1.57 bits per heavy atom. The summed E-state index contributed by atoms with van der Waals surface area (Å²) in [4.78, 5) is 0. The number of hydrogen-bond acceptors (Lipinski definition) is 2. The fraction of sp³-hybridized carbons (Fsp3) is 0.895. The molecule has 21 heavy (non-hydrogen) atoms.